The van der Waals surface area contributed by atoms with Gasteiger partial charge in [-0.3, -0.25) is 4.40 Å². The molecule has 0 fully saturated rings. The number of nitrogens with two attached hydrogens (primary N) is 1. The van der Waals surface area contributed by atoms with E-state index in [1.807, 2.05) is 6.92 Å². The van der Waals surface area contributed by atoms with Gasteiger partial charge in [0.15, 0.2) is 5.82 Å². The van der Waals surface area contributed by atoms with Crippen LogP contribution in [0.3, 0.4) is 0 Å². The zero-order valence-corrected chi connectivity index (χ0v) is 10.5. The number of rotatable bonds is 1. The molecule has 0 aromatic carbocycles. The van der Waals surface area contributed by atoms with Crippen molar-refractivity contribution in [1.82, 2.24) is 14.6 Å². The minimum atomic E-state index is 0.448. The van der Waals surface area contributed by atoms with Gasteiger partial charge >= 0.3 is 0 Å². The van der Waals surface area contributed by atoms with Crippen LogP contribution in [0, 0.1) is 20.8 Å². The molecule has 0 saturated heterocycles. The third-order valence-electron chi connectivity index (χ3n) is 3.18. The first-order valence-electron chi connectivity index (χ1n) is 5.55. The Morgan fingerprint density at radius 2 is 1.69 bits per heavy atom. The molecule has 0 atom stereocenters. The number of aromatic nitrogens is 3. The smallest absolute Gasteiger partial charge is 0.170 e. The lowest BCUT2D eigenvalue weighted by Gasteiger charge is -2.10. The van der Waals surface area contributed by atoms with Crippen molar-refractivity contribution < 1.29 is 0 Å². The Labute approximate surface area is 95.5 Å². The lowest BCUT2D eigenvalue weighted by Crippen LogP contribution is -2.06. The Morgan fingerprint density at radius 3 is 2.25 bits per heavy atom. The van der Waals surface area contributed by atoms with Gasteiger partial charge in [0.05, 0.1) is 5.52 Å². The summed E-state index contributed by atoms with van der Waals surface area (Å²) in [5.74, 6) is 1.85. The predicted molar refractivity (Wildman–Crippen MR) is 65.7 cm³/mol. The monoisotopic (exact) mass is 218 g/mol. The molecule has 2 aromatic rings. The van der Waals surface area contributed by atoms with Crippen molar-refractivity contribution in [1.29, 1.82) is 0 Å². The van der Waals surface area contributed by atoms with Crippen LogP contribution in [0.2, 0.25) is 0 Å². The fourth-order valence-corrected chi connectivity index (χ4v) is 2.38. The van der Waals surface area contributed by atoms with E-state index in [0.29, 0.717) is 11.7 Å². The van der Waals surface area contributed by atoms with Crippen LogP contribution in [-0.2, 0) is 0 Å². The van der Waals surface area contributed by atoms with E-state index >= 15 is 0 Å². The summed E-state index contributed by atoms with van der Waals surface area (Å²) in [4.78, 5) is 0. The number of aryl methyl sites for hydroxylation is 2. The summed E-state index contributed by atoms with van der Waals surface area (Å²) >= 11 is 0. The third kappa shape index (κ3) is 1.29. The lowest BCUT2D eigenvalue weighted by atomic mass is 10.0. The highest BCUT2D eigenvalue weighted by Crippen LogP contribution is 2.30. The first kappa shape index (κ1) is 10.9. The van der Waals surface area contributed by atoms with E-state index in [0.717, 1.165) is 11.3 Å². The van der Waals surface area contributed by atoms with Gasteiger partial charge in [0.2, 0.25) is 0 Å². The minimum absolute atomic E-state index is 0.448. The van der Waals surface area contributed by atoms with Gasteiger partial charge in [-0.25, -0.2) is 0 Å². The summed E-state index contributed by atoms with van der Waals surface area (Å²) < 4.78 is 2.14. The fourth-order valence-electron chi connectivity index (χ4n) is 2.38. The molecule has 2 rings (SSSR count). The molecule has 0 bridgehead atoms. The maximum absolute atomic E-state index is 5.91. The van der Waals surface area contributed by atoms with Crippen LogP contribution in [0.1, 0.15) is 42.4 Å². The number of hydrogen-bond acceptors (Lipinski definition) is 3. The highest BCUT2D eigenvalue weighted by Gasteiger charge is 2.18. The van der Waals surface area contributed by atoms with E-state index < -0.39 is 0 Å². The van der Waals surface area contributed by atoms with Crippen LogP contribution in [0.4, 0.5) is 5.82 Å². The first-order chi connectivity index (χ1) is 7.45. The Morgan fingerprint density at radius 1 is 1.06 bits per heavy atom. The molecule has 2 aromatic heterocycles. The molecule has 2 N–H and O–H groups in total. The largest absolute Gasteiger partial charge is 0.380 e. The molecule has 4 heteroatoms. The highest BCUT2D eigenvalue weighted by molar-refractivity contribution is 5.73. The van der Waals surface area contributed by atoms with Crippen LogP contribution in [0.5, 0.6) is 0 Å². The summed E-state index contributed by atoms with van der Waals surface area (Å²) in [5.41, 5.74) is 10.7. The average molecular weight is 218 g/mol. The van der Waals surface area contributed by atoms with E-state index in [4.69, 9.17) is 5.73 Å². The van der Waals surface area contributed by atoms with Gasteiger partial charge in [0.25, 0.3) is 0 Å². The van der Waals surface area contributed by atoms with Crippen LogP contribution in [0.25, 0.3) is 5.52 Å². The van der Waals surface area contributed by atoms with Crippen LogP contribution in [-0.4, -0.2) is 14.6 Å². The van der Waals surface area contributed by atoms with Gasteiger partial charge in [-0.05, 0) is 37.8 Å². The molecule has 86 valence electrons. The molecule has 4 nitrogen and oxygen atoms in total. The van der Waals surface area contributed by atoms with Gasteiger partial charge < -0.3 is 5.73 Å². The first-order valence-corrected chi connectivity index (χ1v) is 5.55. The van der Waals surface area contributed by atoms with Gasteiger partial charge in [-0.15, -0.1) is 10.2 Å². The van der Waals surface area contributed by atoms with Gasteiger partial charge in [0, 0.05) is 5.69 Å². The highest BCUT2D eigenvalue weighted by atomic mass is 15.2. The average Bonchev–Trinajstić information content (AvgIpc) is 2.47. The molecule has 16 heavy (non-hydrogen) atoms. The Bertz CT molecular complexity index is 552. The van der Waals surface area contributed by atoms with E-state index in [1.54, 1.807) is 0 Å². The molecule has 0 aliphatic rings. The van der Waals surface area contributed by atoms with E-state index in [2.05, 4.69) is 42.3 Å². The normalized spacial score (nSPS) is 11.6. The quantitative estimate of drug-likeness (QED) is 0.799. The van der Waals surface area contributed by atoms with Crippen LogP contribution in [0.15, 0.2) is 0 Å². The van der Waals surface area contributed by atoms with Crippen molar-refractivity contribution in [3.63, 3.8) is 0 Å². The molecular weight excluding hydrogens is 200 g/mol. The van der Waals surface area contributed by atoms with Crippen molar-refractivity contribution in [2.45, 2.75) is 40.5 Å². The Balaban J connectivity index is 3.02. The summed E-state index contributed by atoms with van der Waals surface area (Å²) in [7, 11) is 0. The molecule has 0 aliphatic carbocycles. The summed E-state index contributed by atoms with van der Waals surface area (Å²) in [6.07, 6.45) is 0. The Hall–Kier alpha value is -1.58. The molecule has 0 aliphatic heterocycles. The molecule has 0 radical (unpaired) electrons. The van der Waals surface area contributed by atoms with Crippen molar-refractivity contribution >= 4 is 11.3 Å². The molecular formula is C12H18N4. The topological polar surface area (TPSA) is 56.2 Å². The third-order valence-corrected chi connectivity index (χ3v) is 3.18. The fraction of sp³-hybridized carbons (Fsp3) is 0.500. The maximum Gasteiger partial charge on any atom is 0.170 e. The molecule has 0 amide bonds. The maximum atomic E-state index is 5.91. The predicted octanol–water partition coefficient (Wildman–Crippen LogP) is 2.36. The van der Waals surface area contributed by atoms with E-state index in [-0.39, 0.29) is 0 Å². The van der Waals surface area contributed by atoms with Gasteiger partial charge in [-0.1, -0.05) is 13.8 Å². The molecule has 0 unspecified atom stereocenters. The molecule has 2 heterocycles. The SMILES string of the molecule is Cc1c(C)c2c(N)nnc(C)n2c1C(C)C. The second-order valence-corrected chi connectivity index (χ2v) is 4.61. The van der Waals surface area contributed by atoms with E-state index in [9.17, 15) is 0 Å². The standard InChI is InChI=1S/C12H18N4/c1-6(2)10-7(3)8(4)11-12(13)15-14-9(5)16(10)11/h6H,1-5H3,(H2,13,15). The number of nitrogen functional groups attached to an aromatic ring is 1. The van der Waals surface area contributed by atoms with Crippen molar-refractivity contribution in [2.24, 2.45) is 0 Å². The number of fused-ring (bicyclic) bond motifs is 1. The van der Waals surface area contributed by atoms with Crippen molar-refractivity contribution in [3.8, 4) is 0 Å². The van der Waals surface area contributed by atoms with Crippen molar-refractivity contribution in [2.75, 3.05) is 5.73 Å². The number of anilines is 1. The summed E-state index contributed by atoms with van der Waals surface area (Å²) in [6.45, 7) is 10.6. The van der Waals surface area contributed by atoms with Crippen molar-refractivity contribution in [3.05, 3.63) is 22.6 Å². The zero-order valence-electron chi connectivity index (χ0n) is 10.5. The molecule has 0 spiro atoms. The number of nitrogens with zero attached hydrogens (tertiary/aromatic N) is 3. The van der Waals surface area contributed by atoms with Crippen LogP contribution >= 0.6 is 0 Å². The van der Waals surface area contributed by atoms with E-state index in [1.165, 1.54) is 16.8 Å². The molecule has 0 saturated carbocycles. The van der Waals surface area contributed by atoms with Gasteiger partial charge in [0.1, 0.15) is 5.82 Å². The Kier molecular flexibility index (Phi) is 2.37. The number of hydrogen-bond donors (Lipinski definition) is 1. The zero-order chi connectivity index (χ0) is 12.0. The lowest BCUT2D eigenvalue weighted by molar-refractivity contribution is 0.765. The summed E-state index contributed by atoms with van der Waals surface area (Å²) in [6, 6.07) is 0. The minimum Gasteiger partial charge on any atom is -0.380 e. The summed E-state index contributed by atoms with van der Waals surface area (Å²) in [5, 5.41) is 8.08. The van der Waals surface area contributed by atoms with Crippen LogP contribution < -0.4 is 5.73 Å². The second-order valence-electron chi connectivity index (χ2n) is 4.61. The van der Waals surface area contributed by atoms with Gasteiger partial charge in [-0.2, -0.15) is 0 Å². The second kappa shape index (κ2) is 3.47.